The number of anilines is 1. The number of aromatic nitrogens is 2. The van der Waals surface area contributed by atoms with Gasteiger partial charge in [-0.3, -0.25) is 14.9 Å². The molecule has 2 aromatic heterocycles. The molecule has 1 atom stereocenters. The standard InChI is InChI=1S/C15H16N4O2S/c20-11-4-1-5-15(13(21)17-11)6-8-19(9-15)14-18-12-10(22-14)3-2-7-16-12/h2-3,7H,1,4-6,8-9H2,(H,17,20,21). The molecule has 2 aliphatic rings. The molecule has 2 aliphatic heterocycles. The lowest BCUT2D eigenvalue weighted by molar-refractivity contribution is -0.134. The molecule has 0 saturated carbocycles. The number of nitrogens with one attached hydrogen (secondary N) is 1. The molecule has 1 N–H and O–H groups in total. The van der Waals surface area contributed by atoms with Gasteiger partial charge in [-0.2, -0.15) is 4.98 Å². The van der Waals surface area contributed by atoms with E-state index in [9.17, 15) is 9.59 Å². The SMILES string of the molecule is O=C1CCCC2(CCN(c3nc4ncccc4s3)C2)C(=O)N1. The zero-order chi connectivity index (χ0) is 15.2. The lowest BCUT2D eigenvalue weighted by Crippen LogP contribution is -2.43. The van der Waals surface area contributed by atoms with Crippen LogP contribution in [0.2, 0.25) is 0 Å². The van der Waals surface area contributed by atoms with Gasteiger partial charge in [0, 0.05) is 25.7 Å². The number of imide groups is 1. The Morgan fingerprint density at radius 3 is 3.09 bits per heavy atom. The van der Waals surface area contributed by atoms with E-state index in [-0.39, 0.29) is 11.8 Å². The van der Waals surface area contributed by atoms with Crippen LogP contribution in [0.1, 0.15) is 25.7 Å². The molecule has 114 valence electrons. The van der Waals surface area contributed by atoms with E-state index < -0.39 is 5.41 Å². The van der Waals surface area contributed by atoms with Gasteiger partial charge < -0.3 is 4.90 Å². The highest BCUT2D eigenvalue weighted by Crippen LogP contribution is 2.40. The maximum atomic E-state index is 12.4. The minimum atomic E-state index is -0.447. The van der Waals surface area contributed by atoms with Crippen LogP contribution in [0.25, 0.3) is 10.3 Å². The van der Waals surface area contributed by atoms with Crippen LogP contribution in [0.4, 0.5) is 5.13 Å². The van der Waals surface area contributed by atoms with Gasteiger partial charge in [0.05, 0.1) is 10.1 Å². The third-order valence-corrected chi connectivity index (χ3v) is 5.64. The van der Waals surface area contributed by atoms with Gasteiger partial charge in [0.1, 0.15) is 0 Å². The van der Waals surface area contributed by atoms with E-state index in [1.54, 1.807) is 17.5 Å². The van der Waals surface area contributed by atoms with Crippen LogP contribution in [0, 0.1) is 5.41 Å². The average molecular weight is 316 g/mol. The first-order chi connectivity index (χ1) is 10.7. The van der Waals surface area contributed by atoms with Crippen LogP contribution >= 0.6 is 11.3 Å². The number of fused-ring (bicyclic) bond motifs is 1. The Kier molecular flexibility index (Phi) is 3.11. The number of nitrogens with zero attached hydrogens (tertiary/aromatic N) is 3. The van der Waals surface area contributed by atoms with Gasteiger partial charge in [-0.25, -0.2) is 4.98 Å². The van der Waals surface area contributed by atoms with Gasteiger partial charge in [0.15, 0.2) is 10.8 Å². The van der Waals surface area contributed by atoms with Crippen LogP contribution in [-0.2, 0) is 9.59 Å². The Balaban J connectivity index is 1.61. The molecular formula is C15H16N4O2S. The largest absolute Gasteiger partial charge is 0.347 e. The van der Waals surface area contributed by atoms with Gasteiger partial charge in [-0.15, -0.1) is 0 Å². The van der Waals surface area contributed by atoms with E-state index in [1.165, 1.54) is 0 Å². The van der Waals surface area contributed by atoms with Crippen molar-refractivity contribution < 1.29 is 9.59 Å². The molecule has 22 heavy (non-hydrogen) atoms. The zero-order valence-electron chi connectivity index (χ0n) is 12.0. The van der Waals surface area contributed by atoms with Crippen molar-refractivity contribution >= 4 is 38.6 Å². The number of amides is 2. The van der Waals surface area contributed by atoms with Crippen molar-refractivity contribution in [1.29, 1.82) is 0 Å². The molecule has 0 bridgehead atoms. The summed E-state index contributed by atoms with van der Waals surface area (Å²) in [6.07, 6.45) is 4.49. The van der Waals surface area contributed by atoms with Crippen molar-refractivity contribution in [3.63, 3.8) is 0 Å². The molecule has 4 rings (SSSR count). The maximum Gasteiger partial charge on any atom is 0.234 e. The topological polar surface area (TPSA) is 75.2 Å². The molecule has 2 amide bonds. The molecular weight excluding hydrogens is 300 g/mol. The molecule has 6 nitrogen and oxygen atoms in total. The van der Waals surface area contributed by atoms with Crippen LogP contribution in [-0.4, -0.2) is 34.9 Å². The summed E-state index contributed by atoms with van der Waals surface area (Å²) in [5, 5.41) is 3.45. The highest BCUT2D eigenvalue weighted by molar-refractivity contribution is 7.22. The second-order valence-corrected chi connectivity index (χ2v) is 7.01. The highest BCUT2D eigenvalue weighted by atomic mass is 32.1. The molecule has 7 heteroatoms. The van der Waals surface area contributed by atoms with E-state index >= 15 is 0 Å². The van der Waals surface area contributed by atoms with Crippen molar-refractivity contribution in [3.05, 3.63) is 18.3 Å². The Labute approximate surface area is 131 Å². The number of hydrogen-bond donors (Lipinski definition) is 1. The minimum Gasteiger partial charge on any atom is -0.347 e. The van der Waals surface area contributed by atoms with Crippen molar-refractivity contribution in [2.75, 3.05) is 18.0 Å². The fourth-order valence-electron chi connectivity index (χ4n) is 3.34. The first-order valence-electron chi connectivity index (χ1n) is 7.47. The van der Waals surface area contributed by atoms with Crippen LogP contribution in [0.3, 0.4) is 0 Å². The second-order valence-electron chi connectivity index (χ2n) is 6.00. The van der Waals surface area contributed by atoms with E-state index in [0.717, 1.165) is 41.3 Å². The van der Waals surface area contributed by atoms with Crippen LogP contribution in [0.15, 0.2) is 18.3 Å². The lowest BCUT2D eigenvalue weighted by atomic mass is 9.82. The van der Waals surface area contributed by atoms with Gasteiger partial charge >= 0.3 is 0 Å². The molecule has 2 saturated heterocycles. The summed E-state index contributed by atoms with van der Waals surface area (Å²) in [5.41, 5.74) is 0.307. The minimum absolute atomic E-state index is 0.114. The average Bonchev–Trinajstić information content (AvgIpc) is 3.07. The number of thiazole rings is 1. The van der Waals surface area contributed by atoms with Crippen LogP contribution in [0.5, 0.6) is 0 Å². The van der Waals surface area contributed by atoms with Crippen molar-refractivity contribution in [2.24, 2.45) is 5.41 Å². The third kappa shape index (κ3) is 2.16. The maximum absolute atomic E-state index is 12.4. The number of rotatable bonds is 1. The Bertz CT molecular complexity index is 726. The van der Waals surface area contributed by atoms with E-state index in [4.69, 9.17) is 0 Å². The normalized spacial score (nSPS) is 25.7. The number of carbonyl (C=O) groups is 2. The van der Waals surface area contributed by atoms with Gasteiger partial charge in [-0.05, 0) is 31.4 Å². The number of hydrogen-bond acceptors (Lipinski definition) is 6. The van der Waals surface area contributed by atoms with Crippen molar-refractivity contribution in [2.45, 2.75) is 25.7 Å². The Hall–Kier alpha value is -2.02. The summed E-state index contributed by atoms with van der Waals surface area (Å²) in [6, 6.07) is 3.91. The molecule has 0 aromatic carbocycles. The summed E-state index contributed by atoms with van der Waals surface area (Å²) >= 11 is 1.60. The number of pyridine rings is 1. The van der Waals surface area contributed by atoms with Gasteiger partial charge in [0.25, 0.3) is 0 Å². The van der Waals surface area contributed by atoms with Gasteiger partial charge in [-0.1, -0.05) is 11.3 Å². The van der Waals surface area contributed by atoms with Crippen molar-refractivity contribution in [1.82, 2.24) is 15.3 Å². The summed E-state index contributed by atoms with van der Waals surface area (Å²) in [4.78, 5) is 34.9. The summed E-state index contributed by atoms with van der Waals surface area (Å²) in [6.45, 7) is 1.42. The molecule has 2 aromatic rings. The molecule has 0 radical (unpaired) electrons. The first kappa shape index (κ1) is 13.6. The summed E-state index contributed by atoms with van der Waals surface area (Å²) in [7, 11) is 0. The van der Waals surface area contributed by atoms with E-state index in [2.05, 4.69) is 20.2 Å². The predicted molar refractivity (Wildman–Crippen MR) is 83.7 cm³/mol. The lowest BCUT2D eigenvalue weighted by Gasteiger charge is -2.25. The van der Waals surface area contributed by atoms with E-state index in [1.807, 2.05) is 12.1 Å². The molecule has 2 fully saturated rings. The summed E-state index contributed by atoms with van der Waals surface area (Å²) in [5.74, 6) is -0.263. The van der Waals surface area contributed by atoms with E-state index in [0.29, 0.717) is 13.0 Å². The molecule has 1 spiro atoms. The monoisotopic (exact) mass is 316 g/mol. The van der Waals surface area contributed by atoms with Crippen LogP contribution < -0.4 is 10.2 Å². The number of carbonyl (C=O) groups excluding carboxylic acids is 2. The van der Waals surface area contributed by atoms with Gasteiger partial charge in [0.2, 0.25) is 11.8 Å². The Morgan fingerprint density at radius 1 is 1.32 bits per heavy atom. The zero-order valence-corrected chi connectivity index (χ0v) is 12.9. The highest BCUT2D eigenvalue weighted by Gasteiger charge is 2.46. The summed E-state index contributed by atoms with van der Waals surface area (Å²) < 4.78 is 1.05. The van der Waals surface area contributed by atoms with Crippen molar-refractivity contribution in [3.8, 4) is 0 Å². The quantitative estimate of drug-likeness (QED) is 0.811. The third-order valence-electron chi connectivity index (χ3n) is 4.57. The Morgan fingerprint density at radius 2 is 2.23 bits per heavy atom. The fourth-order valence-corrected chi connectivity index (χ4v) is 4.29. The molecule has 1 unspecified atom stereocenters. The first-order valence-corrected chi connectivity index (χ1v) is 8.29. The second kappa shape index (κ2) is 5.01. The predicted octanol–water partition coefficient (Wildman–Crippen LogP) is 1.71. The fraction of sp³-hybridized carbons (Fsp3) is 0.467. The smallest absolute Gasteiger partial charge is 0.234 e. The molecule has 0 aliphatic carbocycles. The molecule has 4 heterocycles.